The van der Waals surface area contributed by atoms with E-state index in [0.717, 1.165) is 0 Å². The standard InChI is InChI=1S/C10H16N4O2/c1-4-7-12-8(5-9(15)13-7)14(3)6-10(16)11-2/h5H,4,6H2,1-3H3,(H,11,16)(H,12,13,15). The number of H-pyrrole nitrogens is 1. The molecule has 88 valence electrons. The van der Waals surface area contributed by atoms with Gasteiger partial charge in [0.15, 0.2) is 0 Å². The molecule has 0 aliphatic carbocycles. The summed E-state index contributed by atoms with van der Waals surface area (Å²) in [5.74, 6) is 0.998. The Morgan fingerprint density at radius 1 is 1.62 bits per heavy atom. The van der Waals surface area contributed by atoms with Gasteiger partial charge in [0.05, 0.1) is 6.54 Å². The second kappa shape index (κ2) is 5.29. The zero-order valence-electron chi connectivity index (χ0n) is 9.70. The summed E-state index contributed by atoms with van der Waals surface area (Å²) in [4.78, 5) is 31.0. The molecule has 1 heterocycles. The number of anilines is 1. The fourth-order valence-electron chi connectivity index (χ4n) is 1.23. The monoisotopic (exact) mass is 224 g/mol. The van der Waals surface area contributed by atoms with Gasteiger partial charge in [-0.25, -0.2) is 4.98 Å². The predicted octanol–water partition coefficient (Wildman–Crippen LogP) is -0.485. The Hall–Kier alpha value is -1.85. The van der Waals surface area contributed by atoms with Crippen molar-refractivity contribution in [1.82, 2.24) is 15.3 Å². The minimum Gasteiger partial charge on any atom is -0.358 e. The predicted molar refractivity (Wildman–Crippen MR) is 61.6 cm³/mol. The number of rotatable bonds is 4. The Labute approximate surface area is 93.7 Å². The number of amides is 1. The lowest BCUT2D eigenvalue weighted by molar-refractivity contribution is -0.119. The smallest absolute Gasteiger partial charge is 0.252 e. The lowest BCUT2D eigenvalue weighted by Crippen LogP contribution is -2.34. The molecule has 1 aromatic rings. The van der Waals surface area contributed by atoms with Gasteiger partial charge in [0.25, 0.3) is 5.56 Å². The van der Waals surface area contributed by atoms with E-state index in [0.29, 0.717) is 18.1 Å². The third kappa shape index (κ3) is 3.08. The molecule has 1 amide bonds. The van der Waals surface area contributed by atoms with Crippen LogP contribution in [0, 0.1) is 0 Å². The molecule has 0 aliphatic heterocycles. The number of aromatic nitrogens is 2. The Bertz CT molecular complexity index is 427. The second-order valence-electron chi connectivity index (χ2n) is 3.43. The SMILES string of the molecule is CCc1nc(N(C)CC(=O)NC)cc(=O)[nH]1. The molecule has 0 bridgehead atoms. The first-order valence-corrected chi connectivity index (χ1v) is 5.08. The quantitative estimate of drug-likeness (QED) is 0.723. The molecule has 0 saturated carbocycles. The van der Waals surface area contributed by atoms with E-state index in [2.05, 4.69) is 15.3 Å². The van der Waals surface area contributed by atoms with Crippen LogP contribution >= 0.6 is 0 Å². The van der Waals surface area contributed by atoms with Crippen molar-refractivity contribution in [2.45, 2.75) is 13.3 Å². The number of aryl methyl sites for hydroxylation is 1. The summed E-state index contributed by atoms with van der Waals surface area (Å²) in [6.07, 6.45) is 0.650. The average molecular weight is 224 g/mol. The Morgan fingerprint density at radius 3 is 2.88 bits per heavy atom. The van der Waals surface area contributed by atoms with Crippen LogP contribution in [0.4, 0.5) is 5.82 Å². The van der Waals surface area contributed by atoms with E-state index >= 15 is 0 Å². The second-order valence-corrected chi connectivity index (χ2v) is 3.43. The first-order valence-electron chi connectivity index (χ1n) is 5.08. The maximum atomic E-state index is 11.3. The number of nitrogens with one attached hydrogen (secondary N) is 2. The van der Waals surface area contributed by atoms with Crippen molar-refractivity contribution in [3.8, 4) is 0 Å². The maximum Gasteiger partial charge on any atom is 0.252 e. The number of aromatic amines is 1. The van der Waals surface area contributed by atoms with Gasteiger partial charge >= 0.3 is 0 Å². The summed E-state index contributed by atoms with van der Waals surface area (Å²) in [6.45, 7) is 2.08. The molecule has 6 heteroatoms. The highest BCUT2D eigenvalue weighted by Gasteiger charge is 2.08. The molecule has 0 atom stereocenters. The van der Waals surface area contributed by atoms with Crippen molar-refractivity contribution in [2.75, 3.05) is 25.5 Å². The van der Waals surface area contributed by atoms with Crippen LogP contribution in [0.25, 0.3) is 0 Å². The molecule has 1 aromatic heterocycles. The van der Waals surface area contributed by atoms with Gasteiger partial charge in [-0.3, -0.25) is 9.59 Å². The number of carbonyl (C=O) groups excluding carboxylic acids is 1. The van der Waals surface area contributed by atoms with Gasteiger partial charge in [-0.1, -0.05) is 6.92 Å². The minimum atomic E-state index is -0.203. The minimum absolute atomic E-state index is 0.123. The highest BCUT2D eigenvalue weighted by Crippen LogP contribution is 2.04. The summed E-state index contributed by atoms with van der Waals surface area (Å²) < 4.78 is 0. The summed E-state index contributed by atoms with van der Waals surface area (Å²) >= 11 is 0. The van der Waals surface area contributed by atoms with Gasteiger partial charge in [-0.15, -0.1) is 0 Å². The zero-order valence-corrected chi connectivity index (χ0v) is 9.70. The first kappa shape index (κ1) is 12.2. The molecular weight excluding hydrogens is 208 g/mol. The molecule has 0 aliphatic rings. The van der Waals surface area contributed by atoms with Crippen molar-refractivity contribution < 1.29 is 4.79 Å². The molecule has 0 unspecified atom stereocenters. The molecule has 0 fully saturated rings. The summed E-state index contributed by atoms with van der Waals surface area (Å²) in [6, 6.07) is 1.38. The molecule has 16 heavy (non-hydrogen) atoms. The van der Waals surface area contributed by atoms with Crippen molar-refractivity contribution in [3.05, 3.63) is 22.2 Å². The summed E-state index contributed by atoms with van der Waals surface area (Å²) in [7, 11) is 3.29. The summed E-state index contributed by atoms with van der Waals surface area (Å²) in [5.41, 5.74) is -0.203. The Balaban J connectivity index is 2.90. The molecule has 6 nitrogen and oxygen atoms in total. The van der Waals surface area contributed by atoms with Crippen LogP contribution in [0.3, 0.4) is 0 Å². The number of hydrogen-bond donors (Lipinski definition) is 2. The fourth-order valence-corrected chi connectivity index (χ4v) is 1.23. The third-order valence-corrected chi connectivity index (χ3v) is 2.16. The van der Waals surface area contributed by atoms with Gasteiger partial charge in [0, 0.05) is 26.6 Å². The van der Waals surface area contributed by atoms with E-state index in [9.17, 15) is 9.59 Å². The van der Waals surface area contributed by atoms with E-state index in [1.807, 2.05) is 6.92 Å². The Kier molecular flexibility index (Phi) is 4.04. The number of nitrogens with zero attached hydrogens (tertiary/aromatic N) is 2. The number of likely N-dealkylation sites (N-methyl/N-ethyl adjacent to an activating group) is 2. The van der Waals surface area contributed by atoms with E-state index in [-0.39, 0.29) is 18.0 Å². The highest BCUT2D eigenvalue weighted by atomic mass is 16.2. The van der Waals surface area contributed by atoms with Crippen LogP contribution in [0.5, 0.6) is 0 Å². The molecule has 0 spiro atoms. The molecular formula is C10H16N4O2. The normalized spacial score (nSPS) is 9.94. The van der Waals surface area contributed by atoms with E-state index in [1.165, 1.54) is 6.07 Å². The zero-order chi connectivity index (χ0) is 12.1. The van der Waals surface area contributed by atoms with Crippen LogP contribution in [-0.2, 0) is 11.2 Å². The van der Waals surface area contributed by atoms with Crippen LogP contribution < -0.4 is 15.8 Å². The highest BCUT2D eigenvalue weighted by molar-refractivity contribution is 5.80. The molecule has 2 N–H and O–H groups in total. The molecule has 1 rings (SSSR count). The lowest BCUT2D eigenvalue weighted by atomic mass is 10.4. The molecule has 0 radical (unpaired) electrons. The van der Waals surface area contributed by atoms with Gasteiger partial charge in [-0.2, -0.15) is 0 Å². The van der Waals surface area contributed by atoms with Crippen molar-refractivity contribution in [2.24, 2.45) is 0 Å². The van der Waals surface area contributed by atoms with Crippen molar-refractivity contribution >= 4 is 11.7 Å². The third-order valence-electron chi connectivity index (χ3n) is 2.16. The average Bonchev–Trinajstić information content (AvgIpc) is 2.27. The van der Waals surface area contributed by atoms with Gasteiger partial charge < -0.3 is 15.2 Å². The summed E-state index contributed by atoms with van der Waals surface area (Å²) in [5, 5.41) is 2.51. The largest absolute Gasteiger partial charge is 0.358 e. The van der Waals surface area contributed by atoms with Crippen LogP contribution in [0.1, 0.15) is 12.7 Å². The first-order chi connectivity index (χ1) is 7.56. The van der Waals surface area contributed by atoms with Crippen molar-refractivity contribution in [1.29, 1.82) is 0 Å². The van der Waals surface area contributed by atoms with Crippen LogP contribution in [-0.4, -0.2) is 36.5 Å². The van der Waals surface area contributed by atoms with E-state index in [4.69, 9.17) is 0 Å². The van der Waals surface area contributed by atoms with Crippen LogP contribution in [0.2, 0.25) is 0 Å². The fraction of sp³-hybridized carbons (Fsp3) is 0.500. The van der Waals surface area contributed by atoms with E-state index in [1.54, 1.807) is 19.0 Å². The van der Waals surface area contributed by atoms with Gasteiger partial charge in [-0.05, 0) is 0 Å². The Morgan fingerprint density at radius 2 is 2.31 bits per heavy atom. The van der Waals surface area contributed by atoms with Crippen molar-refractivity contribution in [3.63, 3.8) is 0 Å². The maximum absolute atomic E-state index is 11.3. The molecule has 0 saturated heterocycles. The molecule has 0 aromatic carbocycles. The van der Waals surface area contributed by atoms with Crippen LogP contribution in [0.15, 0.2) is 10.9 Å². The number of carbonyl (C=O) groups is 1. The topological polar surface area (TPSA) is 78.1 Å². The van der Waals surface area contributed by atoms with Gasteiger partial charge in [0.2, 0.25) is 5.91 Å². The van der Waals surface area contributed by atoms with Gasteiger partial charge in [0.1, 0.15) is 11.6 Å². The lowest BCUT2D eigenvalue weighted by Gasteiger charge is -2.17. The van der Waals surface area contributed by atoms with E-state index < -0.39 is 0 Å². The number of hydrogen-bond acceptors (Lipinski definition) is 4.